The summed E-state index contributed by atoms with van der Waals surface area (Å²) in [5.41, 5.74) is 7.77. The number of benzene rings is 1. The van der Waals surface area contributed by atoms with Gasteiger partial charge in [-0.15, -0.1) is 0 Å². The Morgan fingerprint density at radius 1 is 1.30 bits per heavy atom. The number of ether oxygens (including phenoxy) is 1. The molecule has 1 heterocycles. The van der Waals surface area contributed by atoms with Gasteiger partial charge in [0.25, 0.3) is 0 Å². The van der Waals surface area contributed by atoms with Gasteiger partial charge in [0.2, 0.25) is 5.88 Å². The first-order chi connectivity index (χ1) is 9.47. The van der Waals surface area contributed by atoms with E-state index in [4.69, 9.17) is 10.5 Å². The van der Waals surface area contributed by atoms with Crippen molar-refractivity contribution < 1.29 is 4.74 Å². The molecule has 0 bridgehead atoms. The fourth-order valence-electron chi connectivity index (χ4n) is 1.71. The van der Waals surface area contributed by atoms with Gasteiger partial charge in [-0.25, -0.2) is 4.98 Å². The predicted molar refractivity (Wildman–Crippen MR) is 83.7 cm³/mol. The zero-order chi connectivity index (χ0) is 14.7. The highest BCUT2D eigenvalue weighted by Crippen LogP contribution is 2.24. The van der Waals surface area contributed by atoms with E-state index < -0.39 is 0 Å². The van der Waals surface area contributed by atoms with Crippen LogP contribution in [-0.4, -0.2) is 9.97 Å². The average molecular weight is 336 g/mol. The molecule has 0 aliphatic carbocycles. The van der Waals surface area contributed by atoms with Gasteiger partial charge >= 0.3 is 0 Å². The summed E-state index contributed by atoms with van der Waals surface area (Å²) in [5.74, 6) is 1.96. The second-order valence-corrected chi connectivity index (χ2v) is 5.89. The molecule has 4 nitrogen and oxygen atoms in total. The van der Waals surface area contributed by atoms with E-state index in [9.17, 15) is 0 Å². The number of nitrogens with zero attached hydrogens (tertiary/aromatic N) is 2. The summed E-state index contributed by atoms with van der Waals surface area (Å²) >= 11 is 3.44. The van der Waals surface area contributed by atoms with E-state index in [0.29, 0.717) is 24.1 Å². The van der Waals surface area contributed by atoms with Crippen molar-refractivity contribution in [1.82, 2.24) is 9.97 Å². The molecule has 0 saturated heterocycles. The Labute approximate surface area is 127 Å². The van der Waals surface area contributed by atoms with E-state index in [0.717, 1.165) is 15.6 Å². The van der Waals surface area contributed by atoms with Crippen LogP contribution in [0.15, 0.2) is 28.7 Å². The number of aromatic nitrogens is 2. The van der Waals surface area contributed by atoms with Crippen molar-refractivity contribution in [2.45, 2.75) is 33.3 Å². The van der Waals surface area contributed by atoms with Crippen LogP contribution in [0.2, 0.25) is 0 Å². The monoisotopic (exact) mass is 335 g/mol. The van der Waals surface area contributed by atoms with Gasteiger partial charge in [-0.1, -0.05) is 41.9 Å². The van der Waals surface area contributed by atoms with Crippen LogP contribution in [0.3, 0.4) is 0 Å². The fraction of sp³-hybridized carbons (Fsp3) is 0.333. The molecule has 0 spiro atoms. The lowest BCUT2D eigenvalue weighted by atomic mass is 10.2. The van der Waals surface area contributed by atoms with Crippen molar-refractivity contribution in [3.8, 4) is 5.88 Å². The molecule has 0 unspecified atom stereocenters. The third kappa shape index (κ3) is 3.48. The zero-order valence-corrected chi connectivity index (χ0v) is 13.4. The lowest BCUT2D eigenvalue weighted by molar-refractivity contribution is 0.289. The lowest BCUT2D eigenvalue weighted by Crippen LogP contribution is -2.08. The number of rotatable bonds is 4. The van der Waals surface area contributed by atoms with Crippen molar-refractivity contribution in [3.05, 3.63) is 45.7 Å². The van der Waals surface area contributed by atoms with Crippen LogP contribution in [0.5, 0.6) is 5.88 Å². The number of nitrogens with two attached hydrogens (primary N) is 1. The number of halogens is 1. The van der Waals surface area contributed by atoms with Crippen LogP contribution < -0.4 is 10.5 Å². The van der Waals surface area contributed by atoms with E-state index in [1.807, 2.05) is 45.0 Å². The van der Waals surface area contributed by atoms with Gasteiger partial charge in [0, 0.05) is 10.4 Å². The minimum absolute atomic E-state index is 0.214. The summed E-state index contributed by atoms with van der Waals surface area (Å²) in [6, 6.07) is 7.98. The molecule has 106 valence electrons. The van der Waals surface area contributed by atoms with Gasteiger partial charge < -0.3 is 10.5 Å². The third-order valence-electron chi connectivity index (χ3n) is 2.94. The molecule has 20 heavy (non-hydrogen) atoms. The highest BCUT2D eigenvalue weighted by Gasteiger charge is 2.12. The normalized spacial score (nSPS) is 10.8. The minimum Gasteiger partial charge on any atom is -0.472 e. The largest absolute Gasteiger partial charge is 0.472 e. The van der Waals surface area contributed by atoms with Crippen molar-refractivity contribution in [2.75, 3.05) is 5.73 Å². The van der Waals surface area contributed by atoms with E-state index in [1.165, 1.54) is 0 Å². The molecule has 0 atom stereocenters. The Kier molecular flexibility index (Phi) is 4.60. The van der Waals surface area contributed by atoms with Crippen molar-refractivity contribution in [1.29, 1.82) is 0 Å². The Bertz CT molecular complexity index is 614. The summed E-state index contributed by atoms with van der Waals surface area (Å²) in [6.45, 7) is 6.38. The molecule has 0 radical (unpaired) electrons. The number of hydrogen-bond donors (Lipinski definition) is 1. The van der Waals surface area contributed by atoms with Crippen LogP contribution in [0.4, 0.5) is 5.82 Å². The second kappa shape index (κ2) is 6.22. The van der Waals surface area contributed by atoms with Crippen LogP contribution in [0.1, 0.15) is 36.7 Å². The van der Waals surface area contributed by atoms with Crippen molar-refractivity contribution >= 4 is 21.7 Å². The molecule has 0 aliphatic rings. The number of anilines is 1. The summed E-state index contributed by atoms with van der Waals surface area (Å²) in [7, 11) is 0. The van der Waals surface area contributed by atoms with E-state index in [2.05, 4.69) is 25.9 Å². The van der Waals surface area contributed by atoms with Crippen molar-refractivity contribution in [2.24, 2.45) is 0 Å². The highest BCUT2D eigenvalue weighted by atomic mass is 79.9. The quantitative estimate of drug-likeness (QED) is 0.922. The smallest absolute Gasteiger partial charge is 0.222 e. The zero-order valence-electron chi connectivity index (χ0n) is 11.9. The lowest BCUT2D eigenvalue weighted by Gasteiger charge is -2.13. The average Bonchev–Trinajstić information content (AvgIpc) is 2.40. The van der Waals surface area contributed by atoms with Gasteiger partial charge in [-0.2, -0.15) is 4.98 Å². The van der Waals surface area contributed by atoms with E-state index >= 15 is 0 Å². The summed E-state index contributed by atoms with van der Waals surface area (Å²) in [4.78, 5) is 8.73. The SMILES string of the molecule is Cc1c(N)nc(C(C)C)nc1OCc1cccc(Br)c1. The summed E-state index contributed by atoms with van der Waals surface area (Å²) in [6.07, 6.45) is 0. The Balaban J connectivity index is 2.20. The molecule has 1 aromatic heterocycles. The first-order valence-corrected chi connectivity index (χ1v) is 7.28. The molecule has 0 amide bonds. The molecule has 2 N–H and O–H groups in total. The maximum absolute atomic E-state index is 5.91. The fourth-order valence-corrected chi connectivity index (χ4v) is 2.15. The second-order valence-electron chi connectivity index (χ2n) is 4.97. The van der Waals surface area contributed by atoms with E-state index in [1.54, 1.807) is 0 Å². The summed E-state index contributed by atoms with van der Waals surface area (Å²) < 4.78 is 6.83. The molecule has 1 aromatic carbocycles. The van der Waals surface area contributed by atoms with Crippen LogP contribution in [-0.2, 0) is 6.61 Å². The minimum atomic E-state index is 0.214. The van der Waals surface area contributed by atoms with Crippen LogP contribution in [0, 0.1) is 6.92 Å². The molecule has 0 saturated carbocycles. The van der Waals surface area contributed by atoms with Crippen molar-refractivity contribution in [3.63, 3.8) is 0 Å². The Morgan fingerprint density at radius 3 is 2.70 bits per heavy atom. The van der Waals surface area contributed by atoms with Crippen LogP contribution >= 0.6 is 15.9 Å². The van der Waals surface area contributed by atoms with Gasteiger partial charge in [0.1, 0.15) is 18.2 Å². The van der Waals surface area contributed by atoms with Gasteiger partial charge in [0.05, 0.1) is 5.56 Å². The van der Waals surface area contributed by atoms with E-state index in [-0.39, 0.29) is 5.92 Å². The third-order valence-corrected chi connectivity index (χ3v) is 3.43. The molecule has 0 aliphatic heterocycles. The maximum atomic E-state index is 5.91. The standard InChI is InChI=1S/C15H18BrN3O/c1-9(2)14-18-13(17)10(3)15(19-14)20-8-11-5-4-6-12(16)7-11/h4-7,9H,8H2,1-3H3,(H2,17,18,19). The maximum Gasteiger partial charge on any atom is 0.222 e. The molecular weight excluding hydrogens is 318 g/mol. The predicted octanol–water partition coefficient (Wildman–Crippen LogP) is 3.83. The topological polar surface area (TPSA) is 61.0 Å². The highest BCUT2D eigenvalue weighted by molar-refractivity contribution is 9.10. The van der Waals surface area contributed by atoms with Gasteiger partial charge in [-0.05, 0) is 24.6 Å². The first kappa shape index (κ1) is 14.8. The molecule has 2 rings (SSSR count). The van der Waals surface area contributed by atoms with Gasteiger partial charge in [-0.3, -0.25) is 0 Å². The molecular formula is C15H18BrN3O. The number of nitrogen functional groups attached to an aromatic ring is 1. The first-order valence-electron chi connectivity index (χ1n) is 6.48. The molecule has 5 heteroatoms. The summed E-state index contributed by atoms with van der Waals surface area (Å²) in [5, 5.41) is 0. The Hall–Kier alpha value is -1.62. The number of hydrogen-bond acceptors (Lipinski definition) is 4. The molecule has 0 fully saturated rings. The Morgan fingerprint density at radius 2 is 2.05 bits per heavy atom. The van der Waals surface area contributed by atoms with Gasteiger partial charge in [0.15, 0.2) is 0 Å². The molecule has 2 aromatic rings. The van der Waals surface area contributed by atoms with Crippen LogP contribution in [0.25, 0.3) is 0 Å².